The molecule has 1 aromatic heterocycles. The normalized spacial score (nSPS) is 11.1. The van der Waals surface area contributed by atoms with Crippen LogP contribution in [0.2, 0.25) is 5.02 Å². The van der Waals surface area contributed by atoms with Crippen molar-refractivity contribution < 1.29 is 15.1 Å². The lowest BCUT2D eigenvalue weighted by molar-refractivity contribution is -0.385. The van der Waals surface area contributed by atoms with Crippen molar-refractivity contribution in [1.82, 2.24) is 14.9 Å². The molecule has 2 N–H and O–H groups in total. The van der Waals surface area contributed by atoms with Crippen molar-refractivity contribution in [3.05, 3.63) is 69.0 Å². The summed E-state index contributed by atoms with van der Waals surface area (Å²) in [6, 6.07) is 9.29. The van der Waals surface area contributed by atoms with Crippen LogP contribution in [-0.2, 0) is 5.75 Å². The number of halogens is 1. The zero-order chi connectivity index (χ0) is 19.4. The number of phenols is 2. The third kappa shape index (κ3) is 4.54. The SMILES string of the molecule is O=[N+]([O-])c1cc(/C=N/n2cnnc2SCc2ccc(Cl)cc2)c(O)cc1O. The second-order valence-electron chi connectivity index (χ2n) is 5.27. The third-order valence-corrected chi connectivity index (χ3v) is 4.68. The Morgan fingerprint density at radius 1 is 1.26 bits per heavy atom. The number of thioether (sulfide) groups is 1. The van der Waals surface area contributed by atoms with Crippen molar-refractivity contribution in [2.75, 3.05) is 0 Å². The van der Waals surface area contributed by atoms with Crippen molar-refractivity contribution in [3.63, 3.8) is 0 Å². The molecule has 0 atom stereocenters. The van der Waals surface area contributed by atoms with Gasteiger partial charge in [0.2, 0.25) is 5.16 Å². The number of benzene rings is 2. The molecule has 11 heteroatoms. The van der Waals surface area contributed by atoms with E-state index in [4.69, 9.17) is 11.6 Å². The number of nitro groups is 1. The molecule has 3 rings (SSSR count). The molecule has 0 amide bonds. The predicted molar refractivity (Wildman–Crippen MR) is 100 cm³/mol. The maximum Gasteiger partial charge on any atom is 0.311 e. The summed E-state index contributed by atoms with van der Waals surface area (Å²) < 4.78 is 1.37. The lowest BCUT2D eigenvalue weighted by atomic mass is 10.2. The average molecular weight is 406 g/mol. The third-order valence-electron chi connectivity index (χ3n) is 3.42. The molecule has 0 aliphatic carbocycles. The van der Waals surface area contributed by atoms with E-state index in [1.54, 1.807) is 12.1 Å². The van der Waals surface area contributed by atoms with E-state index in [-0.39, 0.29) is 11.3 Å². The predicted octanol–water partition coefficient (Wildman–Crippen LogP) is 3.43. The molecular weight excluding hydrogens is 394 g/mol. The number of nitrogens with zero attached hydrogens (tertiary/aromatic N) is 5. The molecule has 0 saturated heterocycles. The standard InChI is InChI=1S/C16H12ClN5O4S/c17-12-3-1-10(2-4-12)8-27-16-20-18-9-21(16)19-7-11-5-13(22(25)26)15(24)6-14(11)23/h1-7,9,23-24H,8H2/b19-7+. The first-order valence-electron chi connectivity index (χ1n) is 7.46. The fourth-order valence-corrected chi connectivity index (χ4v) is 3.02. The summed E-state index contributed by atoms with van der Waals surface area (Å²) in [5.74, 6) is -0.357. The number of hydrogen-bond acceptors (Lipinski definition) is 8. The van der Waals surface area contributed by atoms with Gasteiger partial charge in [0, 0.05) is 28.5 Å². The van der Waals surface area contributed by atoms with E-state index in [0.717, 1.165) is 17.7 Å². The average Bonchev–Trinajstić information content (AvgIpc) is 3.07. The minimum Gasteiger partial charge on any atom is -0.507 e. The van der Waals surface area contributed by atoms with Gasteiger partial charge in [-0.15, -0.1) is 10.2 Å². The first kappa shape index (κ1) is 18.7. The summed E-state index contributed by atoms with van der Waals surface area (Å²) >= 11 is 7.24. The van der Waals surface area contributed by atoms with E-state index < -0.39 is 16.4 Å². The van der Waals surface area contributed by atoms with Crippen molar-refractivity contribution in [2.45, 2.75) is 10.9 Å². The topological polar surface area (TPSA) is 127 Å². The van der Waals surface area contributed by atoms with Gasteiger partial charge >= 0.3 is 5.69 Å². The molecule has 2 aromatic carbocycles. The fraction of sp³-hybridized carbons (Fsp3) is 0.0625. The number of aromatic hydroxyl groups is 2. The van der Waals surface area contributed by atoms with Crippen LogP contribution in [0.4, 0.5) is 5.69 Å². The lowest BCUT2D eigenvalue weighted by Gasteiger charge is -2.03. The van der Waals surface area contributed by atoms with Gasteiger partial charge in [-0.05, 0) is 17.7 Å². The van der Waals surface area contributed by atoms with Crippen LogP contribution in [-0.4, -0.2) is 36.2 Å². The molecule has 0 aliphatic heterocycles. The Labute approximate surface area is 162 Å². The van der Waals surface area contributed by atoms with E-state index in [1.165, 1.54) is 29.0 Å². The van der Waals surface area contributed by atoms with E-state index in [9.17, 15) is 20.3 Å². The molecule has 0 bridgehead atoms. The van der Waals surface area contributed by atoms with Crippen LogP contribution in [0.3, 0.4) is 0 Å². The fourth-order valence-electron chi connectivity index (χ4n) is 2.08. The molecule has 0 unspecified atom stereocenters. The van der Waals surface area contributed by atoms with Crippen LogP contribution < -0.4 is 0 Å². The lowest BCUT2D eigenvalue weighted by Crippen LogP contribution is -1.95. The number of hydrogen-bond donors (Lipinski definition) is 2. The van der Waals surface area contributed by atoms with Gasteiger partial charge in [0.1, 0.15) is 12.1 Å². The number of aromatic nitrogens is 3. The Bertz CT molecular complexity index is 1010. The maximum atomic E-state index is 10.9. The van der Waals surface area contributed by atoms with Crippen molar-refractivity contribution in [3.8, 4) is 11.5 Å². The zero-order valence-electron chi connectivity index (χ0n) is 13.6. The van der Waals surface area contributed by atoms with Crippen LogP contribution in [0, 0.1) is 10.1 Å². The van der Waals surface area contributed by atoms with Crippen LogP contribution in [0.25, 0.3) is 0 Å². The Hall–Kier alpha value is -3.11. The van der Waals surface area contributed by atoms with Gasteiger partial charge in [-0.1, -0.05) is 35.5 Å². The minimum absolute atomic E-state index is 0.0712. The molecule has 0 radical (unpaired) electrons. The highest BCUT2D eigenvalue weighted by molar-refractivity contribution is 7.98. The first-order valence-corrected chi connectivity index (χ1v) is 8.82. The summed E-state index contributed by atoms with van der Waals surface area (Å²) in [5, 5.41) is 43.2. The van der Waals surface area contributed by atoms with Gasteiger partial charge in [-0.2, -0.15) is 9.78 Å². The molecule has 0 spiro atoms. The van der Waals surface area contributed by atoms with Crippen LogP contribution in [0.5, 0.6) is 11.5 Å². The van der Waals surface area contributed by atoms with Crippen LogP contribution >= 0.6 is 23.4 Å². The van der Waals surface area contributed by atoms with E-state index in [0.29, 0.717) is 15.9 Å². The maximum absolute atomic E-state index is 10.9. The molecule has 1 heterocycles. The molecule has 138 valence electrons. The summed E-state index contributed by atoms with van der Waals surface area (Å²) in [7, 11) is 0. The highest BCUT2D eigenvalue weighted by Crippen LogP contribution is 2.32. The summed E-state index contributed by atoms with van der Waals surface area (Å²) in [6.45, 7) is 0. The molecule has 0 saturated carbocycles. The van der Waals surface area contributed by atoms with Crippen molar-refractivity contribution in [1.29, 1.82) is 0 Å². The number of nitro benzene ring substituents is 1. The van der Waals surface area contributed by atoms with Gasteiger partial charge in [-0.25, -0.2) is 0 Å². The van der Waals surface area contributed by atoms with Gasteiger partial charge in [-0.3, -0.25) is 10.1 Å². The van der Waals surface area contributed by atoms with Gasteiger partial charge < -0.3 is 10.2 Å². The Balaban J connectivity index is 1.77. The second kappa shape index (κ2) is 8.06. The Morgan fingerprint density at radius 3 is 2.70 bits per heavy atom. The quantitative estimate of drug-likeness (QED) is 0.278. The first-order chi connectivity index (χ1) is 12.9. The number of rotatable bonds is 6. The van der Waals surface area contributed by atoms with Gasteiger partial charge in [0.25, 0.3) is 0 Å². The summed E-state index contributed by atoms with van der Waals surface area (Å²) in [6.07, 6.45) is 2.59. The minimum atomic E-state index is -0.752. The second-order valence-corrected chi connectivity index (χ2v) is 6.65. The smallest absolute Gasteiger partial charge is 0.311 e. The highest BCUT2D eigenvalue weighted by atomic mass is 35.5. The highest BCUT2D eigenvalue weighted by Gasteiger charge is 2.16. The largest absolute Gasteiger partial charge is 0.507 e. The molecule has 3 aromatic rings. The van der Waals surface area contributed by atoms with E-state index >= 15 is 0 Å². The summed E-state index contributed by atoms with van der Waals surface area (Å²) in [5.41, 5.74) is 0.576. The van der Waals surface area contributed by atoms with E-state index in [2.05, 4.69) is 15.3 Å². The molecular formula is C16H12ClN5O4S. The van der Waals surface area contributed by atoms with Crippen molar-refractivity contribution in [2.24, 2.45) is 5.10 Å². The molecule has 9 nitrogen and oxygen atoms in total. The Morgan fingerprint density at radius 2 is 2.00 bits per heavy atom. The van der Waals surface area contributed by atoms with Gasteiger partial charge in [0.05, 0.1) is 11.1 Å². The van der Waals surface area contributed by atoms with Crippen molar-refractivity contribution >= 4 is 35.3 Å². The zero-order valence-corrected chi connectivity index (χ0v) is 15.1. The Kier molecular flexibility index (Phi) is 5.57. The molecule has 27 heavy (non-hydrogen) atoms. The summed E-state index contributed by atoms with van der Waals surface area (Å²) in [4.78, 5) is 10.1. The van der Waals surface area contributed by atoms with Crippen LogP contribution in [0.1, 0.15) is 11.1 Å². The molecule has 0 aliphatic rings. The monoisotopic (exact) mass is 405 g/mol. The van der Waals surface area contributed by atoms with E-state index in [1.807, 2.05) is 12.1 Å². The number of phenolic OH excluding ortho intramolecular Hbond substituents is 2. The molecule has 0 fully saturated rings. The van der Waals surface area contributed by atoms with Gasteiger partial charge in [0.15, 0.2) is 5.75 Å². The van der Waals surface area contributed by atoms with Crippen LogP contribution in [0.15, 0.2) is 53.0 Å².